The van der Waals surface area contributed by atoms with Gasteiger partial charge in [-0.1, -0.05) is 6.07 Å². The minimum Gasteiger partial charge on any atom is -0.363 e. The minimum absolute atomic E-state index is 0.0463. The number of anilines is 1. The normalized spacial score (nSPS) is 25.3. The lowest BCUT2D eigenvalue weighted by Crippen LogP contribution is -2.48. The van der Waals surface area contributed by atoms with Gasteiger partial charge in [-0.25, -0.2) is 14.4 Å². The first-order valence-corrected chi connectivity index (χ1v) is 9.48. The van der Waals surface area contributed by atoms with Gasteiger partial charge in [0, 0.05) is 43.1 Å². The number of piperidine rings is 1. The van der Waals surface area contributed by atoms with Crippen LogP contribution >= 0.6 is 0 Å². The summed E-state index contributed by atoms with van der Waals surface area (Å²) >= 11 is 0. The molecule has 0 amide bonds. The van der Waals surface area contributed by atoms with Gasteiger partial charge in [-0.05, 0) is 63.8 Å². The van der Waals surface area contributed by atoms with Crippen LogP contribution < -0.4 is 4.90 Å². The summed E-state index contributed by atoms with van der Waals surface area (Å²) in [6.07, 6.45) is 4.08. The Hall–Kier alpha value is -2.01. The van der Waals surface area contributed by atoms with Crippen LogP contribution in [0.1, 0.15) is 38.2 Å². The van der Waals surface area contributed by atoms with Crippen LogP contribution in [-0.4, -0.2) is 39.5 Å². The van der Waals surface area contributed by atoms with Crippen LogP contribution in [0.4, 0.5) is 10.1 Å². The number of benzene rings is 1. The van der Waals surface area contributed by atoms with E-state index in [9.17, 15) is 4.39 Å². The second-order valence-electron chi connectivity index (χ2n) is 8.31. The number of hydrogen-bond donors (Lipinski definition) is 0. The monoisotopic (exact) mass is 354 g/mol. The van der Waals surface area contributed by atoms with Crippen LogP contribution in [0.3, 0.4) is 0 Å². The van der Waals surface area contributed by atoms with E-state index in [1.807, 2.05) is 31.3 Å². The van der Waals surface area contributed by atoms with Gasteiger partial charge in [0.05, 0.1) is 5.69 Å². The number of rotatable bonds is 3. The molecule has 2 atom stereocenters. The maximum Gasteiger partial charge on any atom is 0.125 e. The lowest BCUT2D eigenvalue weighted by atomic mass is 9.89. The van der Waals surface area contributed by atoms with E-state index in [2.05, 4.69) is 33.6 Å². The van der Waals surface area contributed by atoms with Gasteiger partial charge in [0.15, 0.2) is 0 Å². The van der Waals surface area contributed by atoms with Crippen molar-refractivity contribution in [1.29, 1.82) is 0 Å². The maximum absolute atomic E-state index is 13.8. The zero-order valence-corrected chi connectivity index (χ0v) is 15.8. The van der Waals surface area contributed by atoms with Crippen LogP contribution in [0, 0.1) is 18.7 Å². The largest absolute Gasteiger partial charge is 0.363 e. The Morgan fingerprint density at radius 1 is 1.27 bits per heavy atom. The molecular weight excluding hydrogens is 327 g/mol. The Morgan fingerprint density at radius 3 is 2.88 bits per heavy atom. The van der Waals surface area contributed by atoms with Gasteiger partial charge in [0.25, 0.3) is 0 Å². The van der Waals surface area contributed by atoms with Crippen LogP contribution in [0.15, 0.2) is 36.5 Å². The smallest absolute Gasteiger partial charge is 0.125 e. The molecule has 0 radical (unpaired) electrons. The molecule has 26 heavy (non-hydrogen) atoms. The molecule has 4 nitrogen and oxygen atoms in total. The first-order chi connectivity index (χ1) is 12.4. The van der Waals surface area contributed by atoms with Crippen LogP contribution in [-0.2, 0) is 6.54 Å². The first-order valence-electron chi connectivity index (χ1n) is 9.48. The van der Waals surface area contributed by atoms with E-state index < -0.39 is 0 Å². The summed E-state index contributed by atoms with van der Waals surface area (Å²) in [6.45, 7) is 9.51. The molecule has 2 fully saturated rings. The molecule has 0 unspecified atom stereocenters. The molecule has 0 aliphatic carbocycles. The van der Waals surface area contributed by atoms with Crippen molar-refractivity contribution < 1.29 is 4.39 Å². The molecule has 2 aliphatic rings. The Bertz CT molecular complexity index is 791. The molecule has 2 saturated heterocycles. The second kappa shape index (κ2) is 6.62. The van der Waals surface area contributed by atoms with Crippen molar-refractivity contribution in [2.24, 2.45) is 5.92 Å². The molecule has 0 bridgehead atoms. The highest BCUT2D eigenvalue weighted by Gasteiger charge is 2.48. The van der Waals surface area contributed by atoms with Gasteiger partial charge < -0.3 is 4.90 Å². The molecule has 0 N–H and O–H groups in total. The second-order valence-corrected chi connectivity index (χ2v) is 8.31. The van der Waals surface area contributed by atoms with E-state index in [-0.39, 0.29) is 11.4 Å². The number of halogens is 1. The van der Waals surface area contributed by atoms with Gasteiger partial charge in [-0.15, -0.1) is 0 Å². The van der Waals surface area contributed by atoms with Gasteiger partial charge in [0.2, 0.25) is 0 Å². The number of nitrogens with zero attached hydrogens (tertiary/aromatic N) is 4. The third kappa shape index (κ3) is 3.32. The summed E-state index contributed by atoms with van der Waals surface area (Å²) < 4.78 is 13.8. The third-order valence-electron chi connectivity index (χ3n) is 5.83. The molecule has 4 rings (SSSR count). The van der Waals surface area contributed by atoms with E-state index >= 15 is 0 Å². The number of fused-ring (bicyclic) bond motifs is 1. The van der Waals surface area contributed by atoms with E-state index in [4.69, 9.17) is 0 Å². The zero-order chi connectivity index (χ0) is 18.3. The molecule has 5 heteroatoms. The highest BCUT2D eigenvalue weighted by atomic mass is 19.1. The number of hydrogen-bond acceptors (Lipinski definition) is 4. The highest BCUT2D eigenvalue weighted by molar-refractivity contribution is 5.52. The topological polar surface area (TPSA) is 32.3 Å². The Labute approximate surface area is 155 Å². The van der Waals surface area contributed by atoms with Crippen molar-refractivity contribution in [1.82, 2.24) is 14.9 Å². The molecule has 1 aromatic heterocycles. The summed E-state index contributed by atoms with van der Waals surface area (Å²) in [5.74, 6) is 1.28. The van der Waals surface area contributed by atoms with Crippen molar-refractivity contribution in [2.45, 2.75) is 51.7 Å². The molecule has 138 valence electrons. The fourth-order valence-electron chi connectivity index (χ4n) is 4.96. The van der Waals surface area contributed by atoms with Crippen molar-refractivity contribution >= 4 is 5.69 Å². The summed E-state index contributed by atoms with van der Waals surface area (Å²) in [5, 5.41) is 0. The van der Waals surface area contributed by atoms with Gasteiger partial charge in [-0.3, -0.25) is 4.90 Å². The quantitative estimate of drug-likeness (QED) is 0.839. The molecule has 3 heterocycles. The standard InChI is InChI=1S/C21H27FN4/c1-15-23-9-7-18(24-15)14-25-10-8-20-16(13-25)12-21(2,3)26(20)19-6-4-5-17(22)11-19/h4-7,9,11,16,20H,8,10,12-14H2,1-3H3/t16-,20+/m1/s1. The van der Waals surface area contributed by atoms with Crippen molar-refractivity contribution in [3.63, 3.8) is 0 Å². The predicted octanol–water partition coefficient (Wildman–Crippen LogP) is 3.80. The van der Waals surface area contributed by atoms with E-state index in [1.54, 1.807) is 6.07 Å². The molecule has 1 aromatic carbocycles. The fraction of sp³-hybridized carbons (Fsp3) is 0.524. The predicted molar refractivity (Wildman–Crippen MR) is 102 cm³/mol. The number of likely N-dealkylation sites (tertiary alicyclic amines) is 1. The van der Waals surface area contributed by atoms with Gasteiger partial charge >= 0.3 is 0 Å². The zero-order valence-electron chi connectivity index (χ0n) is 15.8. The number of aromatic nitrogens is 2. The lowest BCUT2D eigenvalue weighted by Gasteiger charge is -2.41. The lowest BCUT2D eigenvalue weighted by molar-refractivity contribution is 0.159. The first kappa shape index (κ1) is 17.4. The third-order valence-corrected chi connectivity index (χ3v) is 5.83. The molecular formula is C21H27FN4. The molecule has 0 saturated carbocycles. The maximum atomic E-state index is 13.8. The average Bonchev–Trinajstić information content (AvgIpc) is 2.84. The van der Waals surface area contributed by atoms with E-state index in [0.717, 1.165) is 49.7 Å². The number of aryl methyl sites for hydroxylation is 1. The fourth-order valence-corrected chi connectivity index (χ4v) is 4.96. The van der Waals surface area contributed by atoms with Crippen molar-refractivity contribution in [3.8, 4) is 0 Å². The average molecular weight is 354 g/mol. The molecule has 0 spiro atoms. The Morgan fingerprint density at radius 2 is 2.12 bits per heavy atom. The SMILES string of the molecule is Cc1nccc(CN2CC[C@H]3[C@@H](C2)CC(C)(C)N3c2cccc(F)c2)n1. The van der Waals surface area contributed by atoms with Crippen LogP contribution in [0.5, 0.6) is 0 Å². The minimum atomic E-state index is -0.154. The van der Waals surface area contributed by atoms with E-state index in [0.29, 0.717) is 12.0 Å². The van der Waals surface area contributed by atoms with Gasteiger partial charge in [0.1, 0.15) is 11.6 Å². The van der Waals surface area contributed by atoms with Crippen molar-refractivity contribution in [3.05, 3.63) is 53.9 Å². The van der Waals surface area contributed by atoms with E-state index in [1.165, 1.54) is 6.07 Å². The van der Waals surface area contributed by atoms with Crippen LogP contribution in [0.25, 0.3) is 0 Å². The molecule has 2 aliphatic heterocycles. The summed E-state index contributed by atoms with van der Waals surface area (Å²) in [6, 6.07) is 9.56. The van der Waals surface area contributed by atoms with Gasteiger partial charge in [-0.2, -0.15) is 0 Å². The van der Waals surface area contributed by atoms with Crippen molar-refractivity contribution in [2.75, 3.05) is 18.0 Å². The summed E-state index contributed by atoms with van der Waals surface area (Å²) in [7, 11) is 0. The summed E-state index contributed by atoms with van der Waals surface area (Å²) in [5.41, 5.74) is 2.16. The summed E-state index contributed by atoms with van der Waals surface area (Å²) in [4.78, 5) is 13.7. The Balaban J connectivity index is 1.51. The molecule has 2 aromatic rings. The Kier molecular flexibility index (Phi) is 4.43. The van der Waals surface area contributed by atoms with Crippen LogP contribution in [0.2, 0.25) is 0 Å². The highest BCUT2D eigenvalue weighted by Crippen LogP contribution is 2.44.